The third-order valence-corrected chi connectivity index (χ3v) is 5.57. The number of nitrogens with one attached hydrogen (secondary N) is 1. The van der Waals surface area contributed by atoms with Gasteiger partial charge in [-0.3, -0.25) is 19.3 Å². The fraction of sp³-hybridized carbons (Fsp3) is 0.200. The van der Waals surface area contributed by atoms with Crippen molar-refractivity contribution in [1.82, 2.24) is 9.88 Å². The van der Waals surface area contributed by atoms with Crippen molar-refractivity contribution in [3.63, 3.8) is 0 Å². The molecule has 0 radical (unpaired) electrons. The van der Waals surface area contributed by atoms with E-state index in [0.29, 0.717) is 16.3 Å². The molecule has 136 valence electrons. The number of rotatable bonds is 3. The smallest absolute Gasteiger partial charge is 0.262 e. The number of aromatic nitrogens is 1. The zero-order chi connectivity index (χ0) is 19.3. The van der Waals surface area contributed by atoms with E-state index in [4.69, 9.17) is 0 Å². The highest BCUT2D eigenvalue weighted by molar-refractivity contribution is 7.22. The van der Waals surface area contributed by atoms with Crippen molar-refractivity contribution in [1.29, 1.82) is 0 Å². The second-order valence-electron chi connectivity index (χ2n) is 6.64. The summed E-state index contributed by atoms with van der Waals surface area (Å²) in [6, 6.07) is 9.70. The van der Waals surface area contributed by atoms with Gasteiger partial charge in [0.1, 0.15) is 6.04 Å². The molecule has 1 aromatic heterocycles. The zero-order valence-electron chi connectivity index (χ0n) is 15.1. The summed E-state index contributed by atoms with van der Waals surface area (Å²) in [7, 11) is 0. The molecule has 0 bridgehead atoms. The normalized spacial score (nSPS) is 14.6. The van der Waals surface area contributed by atoms with Gasteiger partial charge in [0.2, 0.25) is 5.91 Å². The lowest BCUT2D eigenvalue weighted by Crippen LogP contribution is -2.45. The maximum Gasteiger partial charge on any atom is 0.262 e. The van der Waals surface area contributed by atoms with Crippen molar-refractivity contribution < 1.29 is 14.4 Å². The summed E-state index contributed by atoms with van der Waals surface area (Å²) in [5, 5.41) is 3.20. The Morgan fingerprint density at radius 1 is 1.11 bits per heavy atom. The summed E-state index contributed by atoms with van der Waals surface area (Å²) in [6.07, 6.45) is 0. The highest BCUT2D eigenvalue weighted by Crippen LogP contribution is 2.30. The Bertz CT molecular complexity index is 1080. The Kier molecular flexibility index (Phi) is 4.04. The fourth-order valence-electron chi connectivity index (χ4n) is 3.31. The zero-order valence-corrected chi connectivity index (χ0v) is 15.9. The number of nitrogens with zero attached hydrogens (tertiary/aromatic N) is 2. The number of aryl methyl sites for hydroxylation is 2. The Morgan fingerprint density at radius 2 is 1.74 bits per heavy atom. The van der Waals surface area contributed by atoms with Crippen molar-refractivity contribution in [2.75, 3.05) is 5.32 Å². The van der Waals surface area contributed by atoms with Gasteiger partial charge < -0.3 is 5.32 Å². The van der Waals surface area contributed by atoms with Crippen LogP contribution in [-0.4, -0.2) is 33.6 Å². The second-order valence-corrected chi connectivity index (χ2v) is 7.67. The number of hydrogen-bond donors (Lipinski definition) is 1. The SMILES string of the molecule is Cc1cc(C)c2nc(NC(=O)[C@H](C)N3C(=O)c4ccccc4C3=O)sc2c1. The monoisotopic (exact) mass is 379 g/mol. The van der Waals surface area contributed by atoms with Crippen LogP contribution < -0.4 is 5.32 Å². The van der Waals surface area contributed by atoms with E-state index in [1.54, 1.807) is 31.2 Å². The lowest BCUT2D eigenvalue weighted by molar-refractivity contribution is -0.119. The van der Waals surface area contributed by atoms with E-state index in [9.17, 15) is 14.4 Å². The van der Waals surface area contributed by atoms with E-state index in [1.165, 1.54) is 11.3 Å². The molecule has 3 amide bonds. The molecule has 27 heavy (non-hydrogen) atoms. The van der Waals surface area contributed by atoms with Gasteiger partial charge in [0.05, 0.1) is 21.3 Å². The molecule has 2 aromatic carbocycles. The van der Waals surface area contributed by atoms with Gasteiger partial charge in [-0.1, -0.05) is 29.5 Å². The number of benzene rings is 2. The van der Waals surface area contributed by atoms with Crippen LogP contribution in [0.5, 0.6) is 0 Å². The van der Waals surface area contributed by atoms with Gasteiger partial charge in [-0.2, -0.15) is 0 Å². The molecule has 1 atom stereocenters. The molecule has 0 aliphatic carbocycles. The third-order valence-electron chi connectivity index (χ3n) is 4.65. The van der Waals surface area contributed by atoms with Gasteiger partial charge >= 0.3 is 0 Å². The number of anilines is 1. The highest BCUT2D eigenvalue weighted by Gasteiger charge is 2.40. The lowest BCUT2D eigenvalue weighted by Gasteiger charge is -2.21. The summed E-state index contributed by atoms with van der Waals surface area (Å²) in [4.78, 5) is 43.2. The topological polar surface area (TPSA) is 79.4 Å². The summed E-state index contributed by atoms with van der Waals surface area (Å²) in [5.74, 6) is -1.35. The average Bonchev–Trinajstić information content (AvgIpc) is 3.14. The molecule has 0 saturated heterocycles. The molecule has 3 aromatic rings. The second kappa shape index (κ2) is 6.28. The van der Waals surface area contributed by atoms with E-state index in [2.05, 4.69) is 10.3 Å². The highest BCUT2D eigenvalue weighted by atomic mass is 32.1. The number of carbonyl (C=O) groups is 3. The summed E-state index contributed by atoms with van der Waals surface area (Å²) in [5.41, 5.74) is 3.66. The van der Waals surface area contributed by atoms with E-state index in [1.807, 2.05) is 26.0 Å². The largest absolute Gasteiger partial charge is 0.300 e. The molecule has 0 fully saturated rings. The number of fused-ring (bicyclic) bond motifs is 2. The first kappa shape index (κ1) is 17.4. The standard InChI is InChI=1S/C20H17N3O3S/c1-10-8-11(2)16-15(9-10)27-20(21-16)22-17(24)12(3)23-18(25)13-6-4-5-7-14(13)19(23)26/h4-9,12H,1-3H3,(H,21,22,24)/t12-/m0/s1. The molecule has 7 heteroatoms. The van der Waals surface area contributed by atoms with Crippen LogP contribution in [0.1, 0.15) is 38.8 Å². The van der Waals surface area contributed by atoms with Crippen LogP contribution in [0.15, 0.2) is 36.4 Å². The quantitative estimate of drug-likeness (QED) is 0.706. The first-order valence-electron chi connectivity index (χ1n) is 8.52. The summed E-state index contributed by atoms with van der Waals surface area (Å²) >= 11 is 1.37. The summed E-state index contributed by atoms with van der Waals surface area (Å²) < 4.78 is 0.983. The van der Waals surface area contributed by atoms with Crippen LogP contribution in [0.4, 0.5) is 5.13 Å². The molecule has 0 saturated carbocycles. The Hall–Kier alpha value is -3.06. The van der Waals surface area contributed by atoms with Gasteiger partial charge in [0.25, 0.3) is 11.8 Å². The van der Waals surface area contributed by atoms with Gasteiger partial charge in [0.15, 0.2) is 5.13 Å². The molecule has 6 nitrogen and oxygen atoms in total. The molecule has 0 unspecified atom stereocenters. The van der Waals surface area contributed by atoms with Gasteiger partial charge in [-0.15, -0.1) is 0 Å². The van der Waals surface area contributed by atoms with Crippen LogP contribution in [0.3, 0.4) is 0 Å². The molecular weight excluding hydrogens is 362 g/mol. The van der Waals surface area contributed by atoms with Crippen LogP contribution in [0.25, 0.3) is 10.2 Å². The third kappa shape index (κ3) is 2.80. The van der Waals surface area contributed by atoms with Gasteiger partial charge in [0, 0.05) is 0 Å². The Labute approximate surface area is 159 Å². The van der Waals surface area contributed by atoms with Crippen molar-refractivity contribution >= 4 is 44.4 Å². The van der Waals surface area contributed by atoms with Crippen LogP contribution in [0, 0.1) is 13.8 Å². The summed E-state index contributed by atoms with van der Waals surface area (Å²) in [6.45, 7) is 5.52. The fourth-order valence-corrected chi connectivity index (χ4v) is 4.36. The molecular formula is C20H17N3O3S. The van der Waals surface area contributed by atoms with E-state index in [0.717, 1.165) is 26.2 Å². The maximum absolute atomic E-state index is 12.7. The molecule has 1 N–H and O–H groups in total. The predicted molar refractivity (Wildman–Crippen MR) is 104 cm³/mol. The molecule has 1 aliphatic heterocycles. The van der Waals surface area contributed by atoms with E-state index < -0.39 is 23.8 Å². The number of hydrogen-bond acceptors (Lipinski definition) is 5. The van der Waals surface area contributed by atoms with Gasteiger partial charge in [-0.25, -0.2) is 4.98 Å². The van der Waals surface area contributed by atoms with E-state index in [-0.39, 0.29) is 0 Å². The first-order valence-corrected chi connectivity index (χ1v) is 9.34. The molecule has 4 rings (SSSR count). The molecule has 1 aliphatic rings. The number of carbonyl (C=O) groups excluding carboxylic acids is 3. The van der Waals surface area contributed by atoms with Crippen molar-refractivity contribution in [3.8, 4) is 0 Å². The van der Waals surface area contributed by atoms with Crippen LogP contribution in [-0.2, 0) is 4.79 Å². The van der Waals surface area contributed by atoms with Crippen molar-refractivity contribution in [3.05, 3.63) is 58.7 Å². The minimum Gasteiger partial charge on any atom is -0.300 e. The average molecular weight is 379 g/mol. The van der Waals surface area contributed by atoms with Gasteiger partial charge in [-0.05, 0) is 50.1 Å². The molecule has 0 spiro atoms. The van der Waals surface area contributed by atoms with Crippen LogP contribution >= 0.6 is 11.3 Å². The number of thiazole rings is 1. The maximum atomic E-state index is 12.7. The Morgan fingerprint density at radius 3 is 2.37 bits per heavy atom. The first-order chi connectivity index (χ1) is 12.9. The Balaban J connectivity index is 1.58. The molecule has 2 heterocycles. The van der Waals surface area contributed by atoms with Crippen LogP contribution in [0.2, 0.25) is 0 Å². The number of imide groups is 1. The minimum atomic E-state index is -0.938. The lowest BCUT2D eigenvalue weighted by atomic mass is 10.1. The minimum absolute atomic E-state index is 0.327. The number of amides is 3. The van der Waals surface area contributed by atoms with Crippen molar-refractivity contribution in [2.24, 2.45) is 0 Å². The predicted octanol–water partition coefficient (Wildman–Crippen LogP) is 3.54. The van der Waals surface area contributed by atoms with Crippen molar-refractivity contribution in [2.45, 2.75) is 26.8 Å². The van der Waals surface area contributed by atoms with E-state index >= 15 is 0 Å².